The van der Waals surface area contributed by atoms with Crippen LogP contribution < -0.4 is 11.1 Å². The Balaban J connectivity index is 2.28. The Hall–Kier alpha value is -0.710. The zero-order valence-electron chi connectivity index (χ0n) is 9.64. The third kappa shape index (κ3) is 4.04. The van der Waals surface area contributed by atoms with Crippen LogP contribution in [0.2, 0.25) is 0 Å². The second-order valence-corrected chi connectivity index (χ2v) is 4.54. The van der Waals surface area contributed by atoms with Gasteiger partial charge in [0.15, 0.2) is 0 Å². The number of hydrogen-bond donors (Lipinski definition) is 2. The molecule has 0 spiro atoms. The minimum atomic E-state index is -2.57. The molecular weight excluding hydrogens is 214 g/mol. The van der Waals surface area contributed by atoms with E-state index >= 15 is 0 Å². The van der Waals surface area contributed by atoms with Gasteiger partial charge in [0.1, 0.15) is 0 Å². The van der Waals surface area contributed by atoms with Gasteiger partial charge in [-0.1, -0.05) is 6.92 Å². The van der Waals surface area contributed by atoms with E-state index in [-0.39, 0.29) is 43.6 Å². The summed E-state index contributed by atoms with van der Waals surface area (Å²) < 4.78 is 25.7. The van der Waals surface area contributed by atoms with Crippen LogP contribution in [0.5, 0.6) is 0 Å². The lowest BCUT2D eigenvalue weighted by Crippen LogP contribution is -2.41. The average Bonchev–Trinajstić information content (AvgIpc) is 2.25. The SMILES string of the molecule is CCC(N)CNC(=O)C1CCC(F)(F)CC1. The van der Waals surface area contributed by atoms with Crippen LogP contribution in [-0.2, 0) is 4.79 Å². The van der Waals surface area contributed by atoms with Gasteiger partial charge in [-0.15, -0.1) is 0 Å². The largest absolute Gasteiger partial charge is 0.354 e. The van der Waals surface area contributed by atoms with Crippen molar-refractivity contribution < 1.29 is 13.6 Å². The molecule has 94 valence electrons. The van der Waals surface area contributed by atoms with E-state index in [2.05, 4.69) is 5.32 Å². The lowest BCUT2D eigenvalue weighted by atomic mass is 9.86. The minimum Gasteiger partial charge on any atom is -0.354 e. The van der Waals surface area contributed by atoms with Gasteiger partial charge in [0, 0.05) is 31.3 Å². The Morgan fingerprint density at radius 2 is 2.06 bits per heavy atom. The van der Waals surface area contributed by atoms with Crippen molar-refractivity contribution in [2.24, 2.45) is 11.7 Å². The molecule has 1 saturated carbocycles. The summed E-state index contributed by atoms with van der Waals surface area (Å²) in [6.07, 6.45) is 0.999. The van der Waals surface area contributed by atoms with Gasteiger partial charge in [0.2, 0.25) is 11.8 Å². The molecule has 1 rings (SSSR count). The molecule has 0 saturated heterocycles. The average molecular weight is 234 g/mol. The molecule has 0 heterocycles. The number of alkyl halides is 2. The number of carbonyl (C=O) groups excluding carboxylic acids is 1. The van der Waals surface area contributed by atoms with Crippen molar-refractivity contribution in [2.45, 2.75) is 51.0 Å². The van der Waals surface area contributed by atoms with Gasteiger partial charge in [-0.25, -0.2) is 8.78 Å². The van der Waals surface area contributed by atoms with E-state index in [4.69, 9.17) is 5.73 Å². The quantitative estimate of drug-likeness (QED) is 0.777. The molecule has 3 N–H and O–H groups in total. The molecule has 16 heavy (non-hydrogen) atoms. The molecule has 0 bridgehead atoms. The first-order valence-corrected chi connectivity index (χ1v) is 5.85. The van der Waals surface area contributed by atoms with Gasteiger partial charge in [0.25, 0.3) is 0 Å². The van der Waals surface area contributed by atoms with Gasteiger partial charge in [0.05, 0.1) is 0 Å². The Morgan fingerprint density at radius 3 is 2.56 bits per heavy atom. The monoisotopic (exact) mass is 234 g/mol. The first-order chi connectivity index (χ1) is 7.44. The van der Waals surface area contributed by atoms with E-state index in [9.17, 15) is 13.6 Å². The van der Waals surface area contributed by atoms with Crippen molar-refractivity contribution >= 4 is 5.91 Å². The van der Waals surface area contributed by atoms with Crippen LogP contribution in [0.4, 0.5) is 8.78 Å². The summed E-state index contributed by atoms with van der Waals surface area (Å²) in [6, 6.07) is -0.0472. The highest BCUT2D eigenvalue weighted by atomic mass is 19.3. The van der Waals surface area contributed by atoms with Crippen molar-refractivity contribution in [2.75, 3.05) is 6.54 Å². The molecule has 1 aliphatic rings. The second kappa shape index (κ2) is 5.57. The summed E-state index contributed by atoms with van der Waals surface area (Å²) in [5, 5.41) is 2.72. The van der Waals surface area contributed by atoms with E-state index in [1.807, 2.05) is 6.92 Å². The van der Waals surface area contributed by atoms with E-state index in [1.54, 1.807) is 0 Å². The molecule has 1 unspecified atom stereocenters. The number of amides is 1. The molecule has 1 aliphatic carbocycles. The van der Waals surface area contributed by atoms with Crippen LogP contribution in [-0.4, -0.2) is 24.4 Å². The van der Waals surface area contributed by atoms with E-state index in [1.165, 1.54) is 0 Å². The Kier molecular flexibility index (Phi) is 4.65. The van der Waals surface area contributed by atoms with Crippen LogP contribution in [0.1, 0.15) is 39.0 Å². The molecular formula is C11H20F2N2O. The maximum atomic E-state index is 12.9. The van der Waals surface area contributed by atoms with E-state index in [0.717, 1.165) is 6.42 Å². The van der Waals surface area contributed by atoms with Gasteiger partial charge in [-0.05, 0) is 19.3 Å². The lowest BCUT2D eigenvalue weighted by Gasteiger charge is -2.27. The van der Waals surface area contributed by atoms with Gasteiger partial charge in [-0.3, -0.25) is 4.79 Å². The topological polar surface area (TPSA) is 55.1 Å². The van der Waals surface area contributed by atoms with E-state index in [0.29, 0.717) is 6.54 Å². The number of rotatable bonds is 4. The highest BCUT2D eigenvalue weighted by molar-refractivity contribution is 5.78. The molecule has 1 atom stereocenters. The molecule has 0 aromatic heterocycles. The highest BCUT2D eigenvalue weighted by Gasteiger charge is 2.37. The lowest BCUT2D eigenvalue weighted by molar-refractivity contribution is -0.129. The van der Waals surface area contributed by atoms with Crippen molar-refractivity contribution in [1.29, 1.82) is 0 Å². The summed E-state index contributed by atoms with van der Waals surface area (Å²) >= 11 is 0. The normalized spacial score (nSPS) is 22.8. The van der Waals surface area contributed by atoms with Crippen molar-refractivity contribution in [3.8, 4) is 0 Å². The van der Waals surface area contributed by atoms with Gasteiger partial charge >= 0.3 is 0 Å². The van der Waals surface area contributed by atoms with E-state index < -0.39 is 5.92 Å². The number of nitrogens with one attached hydrogen (secondary N) is 1. The summed E-state index contributed by atoms with van der Waals surface area (Å²) in [5.74, 6) is -2.96. The molecule has 0 radical (unpaired) electrons. The first kappa shape index (κ1) is 13.4. The highest BCUT2D eigenvalue weighted by Crippen LogP contribution is 2.36. The molecule has 0 aromatic carbocycles. The second-order valence-electron chi connectivity index (χ2n) is 4.54. The third-order valence-electron chi connectivity index (χ3n) is 3.15. The standard InChI is InChI=1S/C11H20F2N2O/c1-2-9(14)7-15-10(16)8-3-5-11(12,13)6-4-8/h8-9H,2-7,14H2,1H3,(H,15,16). The predicted octanol–water partition coefficient (Wildman–Crippen LogP) is 1.67. The first-order valence-electron chi connectivity index (χ1n) is 5.85. The number of halogens is 2. The fourth-order valence-corrected chi connectivity index (χ4v) is 1.82. The summed E-state index contributed by atoms with van der Waals surface area (Å²) in [6.45, 7) is 2.38. The molecule has 5 heteroatoms. The van der Waals surface area contributed by atoms with Crippen LogP contribution in [0.15, 0.2) is 0 Å². The Labute approximate surface area is 94.8 Å². The molecule has 0 aliphatic heterocycles. The Morgan fingerprint density at radius 1 is 1.50 bits per heavy atom. The van der Waals surface area contributed by atoms with Crippen LogP contribution in [0.25, 0.3) is 0 Å². The fourth-order valence-electron chi connectivity index (χ4n) is 1.82. The van der Waals surface area contributed by atoms with Crippen LogP contribution >= 0.6 is 0 Å². The predicted molar refractivity (Wildman–Crippen MR) is 58.2 cm³/mol. The Bertz CT molecular complexity index is 236. The third-order valence-corrected chi connectivity index (χ3v) is 3.15. The van der Waals surface area contributed by atoms with Crippen molar-refractivity contribution in [3.63, 3.8) is 0 Å². The van der Waals surface area contributed by atoms with Gasteiger partial charge < -0.3 is 11.1 Å². The fraction of sp³-hybridized carbons (Fsp3) is 0.909. The molecule has 1 amide bonds. The smallest absolute Gasteiger partial charge is 0.248 e. The molecule has 1 fully saturated rings. The summed E-state index contributed by atoms with van der Waals surface area (Å²) in [4.78, 5) is 11.6. The minimum absolute atomic E-state index is 0.0472. The maximum absolute atomic E-state index is 12.9. The number of nitrogens with two attached hydrogens (primary N) is 1. The zero-order chi connectivity index (χ0) is 12.2. The molecule has 0 aromatic rings. The van der Waals surface area contributed by atoms with Crippen molar-refractivity contribution in [3.05, 3.63) is 0 Å². The number of carbonyl (C=O) groups is 1. The van der Waals surface area contributed by atoms with Crippen molar-refractivity contribution in [1.82, 2.24) is 5.32 Å². The van der Waals surface area contributed by atoms with Gasteiger partial charge in [-0.2, -0.15) is 0 Å². The summed E-state index contributed by atoms with van der Waals surface area (Å²) in [7, 11) is 0. The van der Waals surface area contributed by atoms with Crippen LogP contribution in [0.3, 0.4) is 0 Å². The maximum Gasteiger partial charge on any atom is 0.248 e. The van der Waals surface area contributed by atoms with Crippen LogP contribution in [0, 0.1) is 5.92 Å². The molecule has 3 nitrogen and oxygen atoms in total. The number of hydrogen-bond acceptors (Lipinski definition) is 2. The zero-order valence-corrected chi connectivity index (χ0v) is 9.64. The summed E-state index contributed by atoms with van der Waals surface area (Å²) in [5.41, 5.74) is 5.66.